The van der Waals surface area contributed by atoms with Gasteiger partial charge in [0, 0.05) is 12.7 Å². The molecule has 0 fully saturated rings. The van der Waals surface area contributed by atoms with Gasteiger partial charge in [-0.05, 0) is 36.4 Å². The van der Waals surface area contributed by atoms with Crippen LogP contribution in [0.5, 0.6) is 5.75 Å². The lowest BCUT2D eigenvalue weighted by molar-refractivity contribution is -0.113. The van der Waals surface area contributed by atoms with E-state index < -0.39 is 0 Å². The van der Waals surface area contributed by atoms with E-state index in [0.717, 1.165) is 11.0 Å². The summed E-state index contributed by atoms with van der Waals surface area (Å²) in [7, 11) is 1.63. The van der Waals surface area contributed by atoms with Crippen LogP contribution in [0.3, 0.4) is 0 Å². The summed E-state index contributed by atoms with van der Waals surface area (Å²) in [4.78, 5) is 14.5. The second-order valence-corrected chi connectivity index (χ2v) is 4.75. The van der Waals surface area contributed by atoms with Gasteiger partial charge in [0.1, 0.15) is 22.5 Å². The minimum absolute atomic E-state index is 0.0310. The molecule has 0 radical (unpaired) electrons. The maximum absolute atomic E-state index is 11.7. The van der Waals surface area contributed by atoms with Crippen molar-refractivity contribution in [3.05, 3.63) is 55.1 Å². The smallest absolute Gasteiger partial charge is 0.250 e. The van der Waals surface area contributed by atoms with Gasteiger partial charge in [-0.25, -0.2) is 0 Å². The molecule has 0 unspecified atom stereocenters. The summed E-state index contributed by atoms with van der Waals surface area (Å²) in [5.41, 5.74) is 2.46. The fourth-order valence-corrected chi connectivity index (χ4v) is 2.11. The first-order valence-corrected chi connectivity index (χ1v) is 6.66. The number of fused-ring (bicyclic) bond motifs is 1. The molecule has 0 spiro atoms. The highest BCUT2D eigenvalue weighted by molar-refractivity contribution is 6.00. The molecule has 0 bridgehead atoms. The first-order valence-electron chi connectivity index (χ1n) is 6.66. The maximum atomic E-state index is 11.7. The van der Waals surface area contributed by atoms with Gasteiger partial charge in [-0.3, -0.25) is 4.79 Å². The highest BCUT2D eigenvalue weighted by atomic mass is 16.3. The minimum Gasteiger partial charge on any atom is -0.506 e. The zero-order chi connectivity index (χ0) is 15.7. The Morgan fingerprint density at radius 2 is 1.86 bits per heavy atom. The predicted molar refractivity (Wildman–Crippen MR) is 84.1 cm³/mol. The monoisotopic (exact) mass is 294 g/mol. The Balaban J connectivity index is 2.09. The van der Waals surface area contributed by atoms with Crippen LogP contribution in [-0.2, 0) is 4.79 Å². The van der Waals surface area contributed by atoms with Gasteiger partial charge in [0.15, 0.2) is 0 Å². The Morgan fingerprint density at radius 1 is 1.23 bits per heavy atom. The lowest BCUT2D eigenvalue weighted by Gasteiger charge is -2.16. The zero-order valence-electron chi connectivity index (χ0n) is 12.0. The third-order valence-electron chi connectivity index (χ3n) is 3.35. The van der Waals surface area contributed by atoms with Crippen molar-refractivity contribution in [1.82, 2.24) is 15.0 Å². The second kappa shape index (κ2) is 5.33. The molecule has 0 aliphatic rings. The first-order chi connectivity index (χ1) is 10.6. The summed E-state index contributed by atoms with van der Waals surface area (Å²) < 4.78 is 0. The molecule has 0 atom stereocenters. The highest BCUT2D eigenvalue weighted by Crippen LogP contribution is 2.27. The molecular weight excluding hydrogens is 280 g/mol. The molecule has 1 N–H and O–H groups in total. The van der Waals surface area contributed by atoms with Gasteiger partial charge in [-0.1, -0.05) is 18.7 Å². The molecular formula is C16H14N4O2. The minimum atomic E-state index is -0.241. The average molecular weight is 294 g/mol. The van der Waals surface area contributed by atoms with Crippen LogP contribution in [0.1, 0.15) is 0 Å². The van der Waals surface area contributed by atoms with E-state index in [1.165, 1.54) is 21.8 Å². The standard InChI is InChI=1S/C16H14N4O2/c1-3-16(22)19(2)11-8-9-15(21)14(10-11)20-17-12-6-4-5-7-13(12)18-20/h3-10,21H,1H2,2H3. The number of likely N-dealkylation sites (N-methyl/N-ethyl adjacent to an activating group) is 1. The molecule has 0 saturated heterocycles. The third kappa shape index (κ3) is 2.31. The van der Waals surface area contributed by atoms with Crippen LogP contribution in [0.15, 0.2) is 55.1 Å². The van der Waals surface area contributed by atoms with Gasteiger partial charge in [0.05, 0.1) is 0 Å². The van der Waals surface area contributed by atoms with E-state index in [4.69, 9.17) is 0 Å². The Kier molecular flexibility index (Phi) is 3.34. The molecule has 1 amide bonds. The van der Waals surface area contributed by atoms with Crippen LogP contribution in [0, 0.1) is 0 Å². The Morgan fingerprint density at radius 3 is 2.45 bits per heavy atom. The summed E-state index contributed by atoms with van der Waals surface area (Å²) in [6.07, 6.45) is 1.23. The summed E-state index contributed by atoms with van der Waals surface area (Å²) in [6.45, 7) is 3.46. The molecule has 0 aliphatic heterocycles. The van der Waals surface area contributed by atoms with Crippen LogP contribution >= 0.6 is 0 Å². The van der Waals surface area contributed by atoms with Crippen molar-refractivity contribution >= 4 is 22.6 Å². The zero-order valence-corrected chi connectivity index (χ0v) is 12.0. The Labute approximate surface area is 126 Å². The van der Waals surface area contributed by atoms with Gasteiger partial charge < -0.3 is 10.0 Å². The van der Waals surface area contributed by atoms with Crippen LogP contribution in [0.25, 0.3) is 16.7 Å². The average Bonchev–Trinajstić information content (AvgIpc) is 2.97. The van der Waals surface area contributed by atoms with E-state index in [9.17, 15) is 9.90 Å². The number of anilines is 1. The lowest BCUT2D eigenvalue weighted by Crippen LogP contribution is -2.23. The van der Waals surface area contributed by atoms with Crippen molar-refractivity contribution in [2.24, 2.45) is 0 Å². The molecule has 6 nitrogen and oxygen atoms in total. The summed E-state index contributed by atoms with van der Waals surface area (Å²) in [6, 6.07) is 12.2. The number of aromatic nitrogens is 3. The molecule has 3 aromatic rings. The molecule has 2 aromatic carbocycles. The maximum Gasteiger partial charge on any atom is 0.250 e. The van der Waals surface area contributed by atoms with Crippen molar-refractivity contribution in [2.45, 2.75) is 0 Å². The number of benzene rings is 2. The van der Waals surface area contributed by atoms with E-state index in [0.29, 0.717) is 11.4 Å². The summed E-state index contributed by atoms with van der Waals surface area (Å²) in [5, 5.41) is 18.7. The van der Waals surface area contributed by atoms with Crippen LogP contribution in [0.2, 0.25) is 0 Å². The molecule has 0 aliphatic carbocycles. The number of aromatic hydroxyl groups is 1. The largest absolute Gasteiger partial charge is 0.506 e. The topological polar surface area (TPSA) is 71.2 Å². The molecule has 110 valence electrons. The Hall–Kier alpha value is -3.15. The number of carbonyl (C=O) groups excluding carboxylic acids is 1. The summed E-state index contributed by atoms with van der Waals surface area (Å²) >= 11 is 0. The van der Waals surface area contributed by atoms with E-state index in [1.54, 1.807) is 19.2 Å². The van der Waals surface area contributed by atoms with Gasteiger partial charge in [-0.15, -0.1) is 15.0 Å². The summed E-state index contributed by atoms with van der Waals surface area (Å²) in [5.74, 6) is -0.210. The van der Waals surface area contributed by atoms with Gasteiger partial charge in [-0.2, -0.15) is 0 Å². The second-order valence-electron chi connectivity index (χ2n) is 4.75. The third-order valence-corrected chi connectivity index (χ3v) is 3.35. The van der Waals surface area contributed by atoms with E-state index in [1.807, 2.05) is 24.3 Å². The van der Waals surface area contributed by atoms with Gasteiger partial charge in [0.2, 0.25) is 5.91 Å². The van der Waals surface area contributed by atoms with Crippen molar-refractivity contribution in [3.63, 3.8) is 0 Å². The number of carbonyl (C=O) groups is 1. The number of phenols is 1. The van der Waals surface area contributed by atoms with E-state index >= 15 is 0 Å². The number of phenolic OH excluding ortho intramolecular Hbond substituents is 1. The van der Waals surface area contributed by atoms with Gasteiger partial charge >= 0.3 is 0 Å². The predicted octanol–water partition coefficient (Wildman–Crippen LogP) is 2.27. The highest BCUT2D eigenvalue weighted by Gasteiger charge is 2.13. The molecule has 22 heavy (non-hydrogen) atoms. The molecule has 3 rings (SSSR count). The quantitative estimate of drug-likeness (QED) is 0.752. The molecule has 6 heteroatoms. The van der Waals surface area contributed by atoms with Crippen LogP contribution in [0.4, 0.5) is 5.69 Å². The van der Waals surface area contributed by atoms with E-state index in [2.05, 4.69) is 16.8 Å². The molecule has 1 aromatic heterocycles. The fraction of sp³-hybridized carbons (Fsp3) is 0.0625. The van der Waals surface area contributed by atoms with Crippen LogP contribution < -0.4 is 4.90 Å². The van der Waals surface area contributed by atoms with Gasteiger partial charge in [0.25, 0.3) is 0 Å². The van der Waals surface area contributed by atoms with Crippen LogP contribution in [-0.4, -0.2) is 33.1 Å². The molecule has 0 saturated carbocycles. The lowest BCUT2D eigenvalue weighted by atomic mass is 10.2. The number of nitrogens with zero attached hydrogens (tertiary/aromatic N) is 4. The number of rotatable bonds is 3. The molecule has 1 heterocycles. The number of hydrogen-bond donors (Lipinski definition) is 1. The number of hydrogen-bond acceptors (Lipinski definition) is 4. The first kappa shape index (κ1) is 13.8. The van der Waals surface area contributed by atoms with Crippen molar-refractivity contribution in [2.75, 3.05) is 11.9 Å². The Bertz CT molecular complexity index is 836. The fourth-order valence-electron chi connectivity index (χ4n) is 2.11. The van der Waals surface area contributed by atoms with Crippen molar-refractivity contribution in [3.8, 4) is 11.4 Å². The number of amides is 1. The SMILES string of the molecule is C=CC(=O)N(C)c1ccc(O)c(-n2nc3ccccc3n2)c1. The van der Waals surface area contributed by atoms with Crippen molar-refractivity contribution < 1.29 is 9.90 Å². The van der Waals surface area contributed by atoms with E-state index in [-0.39, 0.29) is 11.7 Å². The normalized spacial score (nSPS) is 10.6. The van der Waals surface area contributed by atoms with Crippen molar-refractivity contribution in [1.29, 1.82) is 0 Å².